The number of aliphatic imine (C=N–C) groups is 1. The molecule has 1 amide bonds. The van der Waals surface area contributed by atoms with E-state index in [1.165, 1.54) is 0 Å². The molecule has 1 atom stereocenters. The quantitative estimate of drug-likeness (QED) is 0.260. The summed E-state index contributed by atoms with van der Waals surface area (Å²) in [5.74, 6) is 1.26. The standard InChI is InChI=1S/C19H38N6O.HI/c1-16(17(26)24-10-6-7-11-24)23-12-14-25(15-13-23)18(20-5)21-8-9-22-19(2,3)4;/h16,22H,6-15H2,1-5H3,(H,20,21);1H. The van der Waals surface area contributed by atoms with Gasteiger partial charge in [-0.3, -0.25) is 14.7 Å². The van der Waals surface area contributed by atoms with Crippen molar-refractivity contribution >= 4 is 35.8 Å². The van der Waals surface area contributed by atoms with Gasteiger partial charge in [0.05, 0.1) is 6.04 Å². The summed E-state index contributed by atoms with van der Waals surface area (Å²) in [5, 5.41) is 6.92. The van der Waals surface area contributed by atoms with Crippen LogP contribution in [0.3, 0.4) is 0 Å². The molecule has 1 unspecified atom stereocenters. The summed E-state index contributed by atoms with van der Waals surface area (Å²) < 4.78 is 0. The molecule has 2 saturated heterocycles. The number of guanidine groups is 1. The molecule has 0 aromatic heterocycles. The molecule has 7 nitrogen and oxygen atoms in total. The molecule has 2 rings (SSSR count). The molecule has 8 heteroatoms. The number of hydrogen-bond acceptors (Lipinski definition) is 4. The van der Waals surface area contributed by atoms with E-state index in [1.54, 1.807) is 0 Å². The third kappa shape index (κ3) is 7.73. The van der Waals surface area contributed by atoms with Gasteiger partial charge in [-0.25, -0.2) is 0 Å². The zero-order valence-electron chi connectivity index (χ0n) is 17.8. The molecule has 2 aliphatic rings. The number of halogens is 1. The lowest BCUT2D eigenvalue weighted by Gasteiger charge is -2.39. The predicted molar refractivity (Wildman–Crippen MR) is 123 cm³/mol. The summed E-state index contributed by atoms with van der Waals surface area (Å²) in [7, 11) is 1.84. The molecule has 0 radical (unpaired) electrons. The summed E-state index contributed by atoms with van der Waals surface area (Å²) in [6.45, 7) is 15.8. The summed E-state index contributed by atoms with van der Waals surface area (Å²) in [4.78, 5) is 23.7. The Balaban J connectivity index is 0.00000364. The van der Waals surface area contributed by atoms with Crippen LogP contribution in [0.5, 0.6) is 0 Å². The zero-order chi connectivity index (χ0) is 19.2. The van der Waals surface area contributed by atoms with Crippen LogP contribution in [0, 0.1) is 0 Å². The average Bonchev–Trinajstić information content (AvgIpc) is 3.14. The van der Waals surface area contributed by atoms with E-state index in [1.807, 2.05) is 11.9 Å². The number of rotatable bonds is 5. The molecular weight excluding hydrogens is 455 g/mol. The monoisotopic (exact) mass is 494 g/mol. The summed E-state index contributed by atoms with van der Waals surface area (Å²) in [6.07, 6.45) is 2.30. The normalized spacial score (nSPS) is 20.4. The molecule has 158 valence electrons. The molecule has 0 aromatic carbocycles. The van der Waals surface area contributed by atoms with Gasteiger partial charge in [-0.05, 0) is 40.5 Å². The van der Waals surface area contributed by atoms with Crippen molar-refractivity contribution in [1.82, 2.24) is 25.3 Å². The second-order valence-corrected chi connectivity index (χ2v) is 8.38. The van der Waals surface area contributed by atoms with Crippen molar-refractivity contribution in [2.24, 2.45) is 4.99 Å². The molecule has 2 aliphatic heterocycles. The van der Waals surface area contributed by atoms with Crippen LogP contribution >= 0.6 is 24.0 Å². The van der Waals surface area contributed by atoms with Crippen molar-refractivity contribution in [1.29, 1.82) is 0 Å². The predicted octanol–water partition coefficient (Wildman–Crippen LogP) is 1.20. The van der Waals surface area contributed by atoms with Gasteiger partial charge in [-0.2, -0.15) is 0 Å². The number of nitrogens with zero attached hydrogens (tertiary/aromatic N) is 4. The lowest BCUT2D eigenvalue weighted by Crippen LogP contribution is -2.57. The minimum atomic E-state index is -0.0128. The van der Waals surface area contributed by atoms with Gasteiger partial charge in [0.15, 0.2) is 5.96 Å². The number of piperazine rings is 1. The van der Waals surface area contributed by atoms with Crippen molar-refractivity contribution in [3.8, 4) is 0 Å². The highest BCUT2D eigenvalue weighted by molar-refractivity contribution is 14.0. The largest absolute Gasteiger partial charge is 0.355 e. The summed E-state index contributed by atoms with van der Waals surface area (Å²) in [6, 6.07) is -0.0128. The summed E-state index contributed by atoms with van der Waals surface area (Å²) in [5.41, 5.74) is 0.134. The first-order valence-electron chi connectivity index (χ1n) is 10.1. The molecular formula is C19H39IN6O. The first kappa shape index (κ1) is 24.4. The molecule has 2 heterocycles. The molecule has 0 aliphatic carbocycles. The van der Waals surface area contributed by atoms with Crippen molar-refractivity contribution in [3.05, 3.63) is 0 Å². The van der Waals surface area contributed by atoms with E-state index in [4.69, 9.17) is 0 Å². The minimum Gasteiger partial charge on any atom is -0.355 e. The Morgan fingerprint density at radius 1 is 1.00 bits per heavy atom. The van der Waals surface area contributed by atoms with Gasteiger partial charge in [0, 0.05) is 64.9 Å². The smallest absolute Gasteiger partial charge is 0.239 e. The Labute approximate surface area is 182 Å². The Morgan fingerprint density at radius 3 is 2.11 bits per heavy atom. The second kappa shape index (κ2) is 11.4. The van der Waals surface area contributed by atoms with E-state index in [0.29, 0.717) is 5.91 Å². The van der Waals surface area contributed by atoms with Gasteiger partial charge in [0.25, 0.3) is 0 Å². The third-order valence-corrected chi connectivity index (χ3v) is 5.21. The molecule has 2 N–H and O–H groups in total. The fourth-order valence-corrected chi connectivity index (χ4v) is 3.62. The number of carbonyl (C=O) groups is 1. The number of hydrogen-bond donors (Lipinski definition) is 2. The van der Waals surface area contributed by atoms with Gasteiger partial charge in [0.1, 0.15) is 0 Å². The highest BCUT2D eigenvalue weighted by Gasteiger charge is 2.30. The van der Waals surface area contributed by atoms with Gasteiger partial charge in [0.2, 0.25) is 5.91 Å². The molecule has 2 fully saturated rings. The maximum Gasteiger partial charge on any atom is 0.239 e. The molecule has 0 spiro atoms. The Morgan fingerprint density at radius 2 is 1.59 bits per heavy atom. The van der Waals surface area contributed by atoms with Crippen LogP contribution in [-0.2, 0) is 4.79 Å². The van der Waals surface area contributed by atoms with Gasteiger partial charge >= 0.3 is 0 Å². The van der Waals surface area contributed by atoms with Crippen molar-refractivity contribution in [2.45, 2.75) is 52.1 Å². The van der Waals surface area contributed by atoms with Crippen molar-refractivity contribution in [3.63, 3.8) is 0 Å². The average molecular weight is 494 g/mol. The van der Waals surface area contributed by atoms with E-state index in [2.05, 4.69) is 53.1 Å². The van der Waals surface area contributed by atoms with E-state index in [0.717, 1.165) is 71.2 Å². The maximum atomic E-state index is 12.6. The first-order valence-corrected chi connectivity index (χ1v) is 10.1. The minimum absolute atomic E-state index is 0. The van der Waals surface area contributed by atoms with Gasteiger partial charge in [-0.1, -0.05) is 0 Å². The molecule has 0 aromatic rings. The fourth-order valence-electron chi connectivity index (χ4n) is 3.62. The SMILES string of the molecule is CN=C(NCCNC(C)(C)C)N1CCN(C(C)C(=O)N2CCCC2)CC1.I. The highest BCUT2D eigenvalue weighted by Crippen LogP contribution is 2.14. The van der Waals surface area contributed by atoms with Crippen LogP contribution in [-0.4, -0.2) is 97.6 Å². The number of nitrogens with one attached hydrogen (secondary N) is 2. The fraction of sp³-hybridized carbons (Fsp3) is 0.895. The van der Waals surface area contributed by atoms with E-state index in [9.17, 15) is 4.79 Å². The number of amides is 1. The molecule has 0 saturated carbocycles. The number of carbonyl (C=O) groups excluding carboxylic acids is 1. The van der Waals surface area contributed by atoms with Crippen molar-refractivity contribution in [2.75, 3.05) is 59.4 Å². The third-order valence-electron chi connectivity index (χ3n) is 5.21. The lowest BCUT2D eigenvalue weighted by molar-refractivity contribution is -0.135. The molecule has 27 heavy (non-hydrogen) atoms. The van der Waals surface area contributed by atoms with Crippen LogP contribution in [0.4, 0.5) is 0 Å². The Kier molecular flexibility index (Phi) is 10.3. The van der Waals surface area contributed by atoms with Gasteiger partial charge < -0.3 is 20.4 Å². The van der Waals surface area contributed by atoms with Crippen LogP contribution in [0.2, 0.25) is 0 Å². The van der Waals surface area contributed by atoms with Crippen LogP contribution in [0.1, 0.15) is 40.5 Å². The molecule has 0 bridgehead atoms. The van der Waals surface area contributed by atoms with Crippen LogP contribution < -0.4 is 10.6 Å². The Hall–Kier alpha value is -0.610. The van der Waals surface area contributed by atoms with Crippen molar-refractivity contribution < 1.29 is 4.79 Å². The summed E-state index contributed by atoms with van der Waals surface area (Å²) >= 11 is 0. The van der Waals surface area contributed by atoms with E-state index >= 15 is 0 Å². The zero-order valence-corrected chi connectivity index (χ0v) is 20.1. The Bertz CT molecular complexity index is 479. The maximum absolute atomic E-state index is 12.6. The van der Waals surface area contributed by atoms with E-state index in [-0.39, 0.29) is 35.6 Å². The van der Waals surface area contributed by atoms with E-state index < -0.39 is 0 Å². The van der Waals surface area contributed by atoms with Crippen LogP contribution in [0.25, 0.3) is 0 Å². The second-order valence-electron chi connectivity index (χ2n) is 8.38. The lowest BCUT2D eigenvalue weighted by atomic mass is 10.1. The topological polar surface area (TPSA) is 63.2 Å². The highest BCUT2D eigenvalue weighted by atomic mass is 127. The first-order chi connectivity index (χ1) is 12.3. The number of likely N-dealkylation sites (tertiary alicyclic amines) is 1. The van der Waals surface area contributed by atoms with Gasteiger partial charge in [-0.15, -0.1) is 24.0 Å². The van der Waals surface area contributed by atoms with Crippen LogP contribution in [0.15, 0.2) is 4.99 Å².